The Labute approximate surface area is 113 Å². The number of allylic oxidation sites excluding steroid dienone is 1. The zero-order chi connectivity index (χ0) is 13.6. The Hall–Kier alpha value is -1.18. The molecule has 3 heteroatoms. The van der Waals surface area contributed by atoms with Gasteiger partial charge in [0.25, 0.3) is 0 Å². The molecule has 0 radical (unpaired) electrons. The molecule has 2 rings (SSSR count). The summed E-state index contributed by atoms with van der Waals surface area (Å²) >= 11 is 1.76. The van der Waals surface area contributed by atoms with Gasteiger partial charge in [-0.3, -0.25) is 0 Å². The average molecular weight is 260 g/mol. The molecular weight excluding hydrogens is 240 g/mol. The van der Waals surface area contributed by atoms with Crippen LogP contribution in [0.3, 0.4) is 0 Å². The van der Waals surface area contributed by atoms with Gasteiger partial charge in [0.1, 0.15) is 0 Å². The lowest BCUT2D eigenvalue weighted by atomic mass is 9.92. The van der Waals surface area contributed by atoms with E-state index >= 15 is 0 Å². The first-order valence-electron chi connectivity index (χ1n) is 6.21. The topological polar surface area (TPSA) is 25.2 Å². The van der Waals surface area contributed by atoms with Gasteiger partial charge < -0.3 is 0 Å². The van der Waals surface area contributed by atoms with Crippen molar-refractivity contribution in [2.75, 3.05) is 0 Å². The molecule has 0 N–H and O–H groups in total. The van der Waals surface area contributed by atoms with Crippen LogP contribution in [0.25, 0.3) is 12.2 Å². The van der Waals surface area contributed by atoms with Crippen LogP contribution in [0.15, 0.2) is 10.7 Å². The maximum atomic E-state index is 4.69. The molecule has 2 heterocycles. The van der Waals surface area contributed by atoms with Crippen molar-refractivity contribution in [2.45, 2.75) is 47.0 Å². The molecular formula is C15H20N2S. The van der Waals surface area contributed by atoms with Crippen LogP contribution in [0.4, 0.5) is 0 Å². The number of hydrogen-bond donors (Lipinski definition) is 0. The summed E-state index contributed by atoms with van der Waals surface area (Å²) in [6.45, 7) is 13.1. The molecule has 0 aliphatic carbocycles. The van der Waals surface area contributed by atoms with Crippen molar-refractivity contribution >= 4 is 29.4 Å². The first-order chi connectivity index (χ1) is 8.18. The van der Waals surface area contributed by atoms with E-state index in [-0.39, 0.29) is 10.8 Å². The second-order valence-corrected chi connectivity index (χ2v) is 7.71. The Morgan fingerprint density at radius 3 is 2.28 bits per heavy atom. The fraction of sp³-hybridized carbons (Fsp3) is 0.533. The molecule has 0 aromatic carbocycles. The summed E-state index contributed by atoms with van der Waals surface area (Å²) < 4.78 is 0. The van der Waals surface area contributed by atoms with E-state index in [0.717, 1.165) is 16.4 Å². The predicted molar refractivity (Wildman–Crippen MR) is 80.1 cm³/mol. The largest absolute Gasteiger partial charge is 0.240 e. The highest BCUT2D eigenvalue weighted by molar-refractivity contribution is 7.13. The van der Waals surface area contributed by atoms with E-state index in [1.54, 1.807) is 11.3 Å². The molecule has 1 aliphatic heterocycles. The summed E-state index contributed by atoms with van der Waals surface area (Å²) in [5, 5.41) is 1.16. The number of thiazole rings is 1. The fourth-order valence-corrected chi connectivity index (χ4v) is 2.61. The van der Waals surface area contributed by atoms with Crippen molar-refractivity contribution in [2.24, 2.45) is 10.4 Å². The minimum absolute atomic E-state index is 0.0360. The van der Waals surface area contributed by atoms with Gasteiger partial charge in [0.2, 0.25) is 0 Å². The van der Waals surface area contributed by atoms with E-state index in [9.17, 15) is 0 Å². The third kappa shape index (κ3) is 2.63. The molecule has 1 aromatic heterocycles. The number of aromatic nitrogens is 1. The molecule has 0 atom stereocenters. The molecule has 1 aromatic rings. The van der Waals surface area contributed by atoms with Gasteiger partial charge in [-0.25, -0.2) is 9.98 Å². The fourth-order valence-electron chi connectivity index (χ4n) is 1.57. The molecule has 0 spiro atoms. The molecule has 0 fully saturated rings. The van der Waals surface area contributed by atoms with Gasteiger partial charge in [0.15, 0.2) is 0 Å². The van der Waals surface area contributed by atoms with Crippen molar-refractivity contribution < 1.29 is 0 Å². The van der Waals surface area contributed by atoms with Gasteiger partial charge in [-0.2, -0.15) is 0 Å². The smallest absolute Gasteiger partial charge is 0.0992 e. The third-order valence-corrected chi connectivity index (χ3v) is 4.19. The van der Waals surface area contributed by atoms with Gasteiger partial charge in [-0.15, -0.1) is 11.3 Å². The molecule has 96 valence electrons. The zero-order valence-electron chi connectivity index (χ0n) is 12.0. The molecule has 0 unspecified atom stereocenters. The van der Waals surface area contributed by atoms with E-state index in [1.165, 1.54) is 4.88 Å². The average Bonchev–Trinajstić information content (AvgIpc) is 2.49. The van der Waals surface area contributed by atoms with Crippen LogP contribution in [-0.2, 0) is 5.41 Å². The van der Waals surface area contributed by atoms with Gasteiger partial charge in [0.05, 0.1) is 21.3 Å². The van der Waals surface area contributed by atoms with Crippen LogP contribution in [0.2, 0.25) is 0 Å². The van der Waals surface area contributed by atoms with Crippen LogP contribution in [-0.4, -0.2) is 10.9 Å². The Bertz CT molecular complexity index is 556. The summed E-state index contributed by atoms with van der Waals surface area (Å²) in [6.07, 6.45) is 4.04. The predicted octanol–water partition coefficient (Wildman–Crippen LogP) is 4.52. The number of nitrogens with zero attached hydrogens (tertiary/aromatic N) is 2. The molecule has 2 nitrogen and oxygen atoms in total. The van der Waals surface area contributed by atoms with E-state index < -0.39 is 0 Å². The number of fused-ring (bicyclic) bond motifs is 1. The van der Waals surface area contributed by atoms with Crippen molar-refractivity contribution in [3.63, 3.8) is 0 Å². The number of hydrogen-bond acceptors (Lipinski definition) is 3. The molecule has 0 amide bonds. The Morgan fingerprint density at radius 1 is 1.06 bits per heavy atom. The molecule has 0 saturated heterocycles. The maximum absolute atomic E-state index is 4.69. The molecule has 18 heavy (non-hydrogen) atoms. The van der Waals surface area contributed by atoms with Crippen molar-refractivity contribution in [3.05, 3.63) is 21.3 Å². The van der Waals surface area contributed by atoms with E-state index in [0.29, 0.717) is 0 Å². The van der Waals surface area contributed by atoms with Crippen LogP contribution in [0.5, 0.6) is 0 Å². The SMILES string of the molecule is CC(C)(C)C1=Cc2sc(C(C)(C)C)nc2C=C=N1. The maximum Gasteiger partial charge on any atom is 0.0992 e. The summed E-state index contributed by atoms with van der Waals surface area (Å²) in [7, 11) is 0. The first-order valence-corrected chi connectivity index (χ1v) is 7.02. The highest BCUT2D eigenvalue weighted by atomic mass is 32.1. The third-order valence-electron chi connectivity index (χ3n) is 2.75. The van der Waals surface area contributed by atoms with E-state index in [2.05, 4.69) is 58.5 Å². The standard InChI is InChI=1S/C15H20N2S/c1-14(2,3)12-9-11-10(7-8-16-12)17-13(18-11)15(4,5)6/h7,9H,1-6H3. The minimum atomic E-state index is 0.0360. The monoisotopic (exact) mass is 260 g/mol. The molecule has 0 bridgehead atoms. The van der Waals surface area contributed by atoms with Crippen LogP contribution in [0, 0.1) is 5.41 Å². The summed E-state index contributed by atoms with van der Waals surface area (Å²) in [6, 6.07) is 0. The zero-order valence-corrected chi connectivity index (χ0v) is 12.8. The quantitative estimate of drug-likeness (QED) is 0.673. The van der Waals surface area contributed by atoms with Gasteiger partial charge in [0, 0.05) is 16.9 Å². The lowest BCUT2D eigenvalue weighted by Gasteiger charge is -2.17. The normalized spacial score (nSPS) is 15.3. The summed E-state index contributed by atoms with van der Waals surface area (Å²) in [5.41, 5.74) is 2.18. The first kappa shape index (κ1) is 13.3. The van der Waals surface area contributed by atoms with Crippen molar-refractivity contribution in [1.82, 2.24) is 4.98 Å². The Morgan fingerprint density at radius 2 is 1.72 bits per heavy atom. The highest BCUT2D eigenvalue weighted by Crippen LogP contribution is 2.35. The van der Waals surface area contributed by atoms with Crippen LogP contribution >= 0.6 is 11.3 Å². The van der Waals surface area contributed by atoms with E-state index in [4.69, 9.17) is 4.98 Å². The lowest BCUT2D eigenvalue weighted by molar-refractivity contribution is 0.503. The minimum Gasteiger partial charge on any atom is -0.240 e. The number of rotatable bonds is 0. The lowest BCUT2D eigenvalue weighted by Crippen LogP contribution is -2.10. The Balaban J connectivity index is 2.54. The summed E-state index contributed by atoms with van der Waals surface area (Å²) in [5.74, 6) is 3.00. The van der Waals surface area contributed by atoms with Crippen molar-refractivity contribution in [3.8, 4) is 0 Å². The van der Waals surface area contributed by atoms with Crippen molar-refractivity contribution in [1.29, 1.82) is 0 Å². The second-order valence-electron chi connectivity index (χ2n) is 6.68. The molecule has 1 aliphatic rings. The second kappa shape index (κ2) is 4.18. The van der Waals surface area contributed by atoms with Gasteiger partial charge in [-0.1, -0.05) is 41.5 Å². The van der Waals surface area contributed by atoms with Gasteiger partial charge in [-0.05, 0) is 11.9 Å². The number of aliphatic imine (C=N–C) groups is 1. The van der Waals surface area contributed by atoms with Crippen LogP contribution < -0.4 is 0 Å². The van der Waals surface area contributed by atoms with Gasteiger partial charge >= 0.3 is 0 Å². The highest BCUT2D eigenvalue weighted by Gasteiger charge is 2.23. The Kier molecular flexibility index (Phi) is 3.08. The summed E-state index contributed by atoms with van der Waals surface area (Å²) in [4.78, 5) is 10.3. The van der Waals surface area contributed by atoms with E-state index in [1.807, 2.05) is 6.08 Å². The molecule has 0 saturated carbocycles. The van der Waals surface area contributed by atoms with Crippen LogP contribution in [0.1, 0.15) is 57.1 Å².